The lowest BCUT2D eigenvalue weighted by atomic mass is 10.2. The summed E-state index contributed by atoms with van der Waals surface area (Å²) in [6, 6.07) is 7.83. The number of halogens is 1. The summed E-state index contributed by atoms with van der Waals surface area (Å²) >= 11 is 7.60. The average Bonchev–Trinajstić information content (AvgIpc) is 2.14. The molecule has 14 heavy (non-hydrogen) atoms. The van der Waals surface area contributed by atoms with E-state index in [1.165, 1.54) is 5.56 Å². The first kappa shape index (κ1) is 11.9. The molecular formula is C11H15ClOS. The highest BCUT2D eigenvalue weighted by Crippen LogP contribution is 2.21. The molecule has 1 rings (SSSR count). The first-order valence-electron chi connectivity index (χ1n) is 4.63. The van der Waals surface area contributed by atoms with Crippen molar-refractivity contribution in [2.45, 2.75) is 31.0 Å². The first-order valence-corrected chi connectivity index (χ1v) is 6.06. The maximum atomic E-state index is 9.31. The van der Waals surface area contributed by atoms with Gasteiger partial charge in [-0.25, -0.2) is 0 Å². The molecule has 0 saturated heterocycles. The van der Waals surface area contributed by atoms with Gasteiger partial charge in [0.25, 0.3) is 0 Å². The van der Waals surface area contributed by atoms with Crippen LogP contribution in [-0.2, 0) is 5.75 Å². The van der Waals surface area contributed by atoms with Crippen LogP contribution in [-0.4, -0.2) is 16.5 Å². The molecule has 1 nitrogen and oxygen atoms in total. The van der Waals surface area contributed by atoms with Gasteiger partial charge >= 0.3 is 0 Å². The summed E-state index contributed by atoms with van der Waals surface area (Å²) in [5.74, 6) is 0.895. The third kappa shape index (κ3) is 3.91. The van der Waals surface area contributed by atoms with Crippen molar-refractivity contribution in [3.63, 3.8) is 0 Å². The van der Waals surface area contributed by atoms with Gasteiger partial charge in [0.1, 0.15) is 0 Å². The standard InChI is InChI=1S/C11H15ClOS/c1-8(13)9(2)14-7-10-4-3-5-11(12)6-10/h3-6,8-9,13H,7H2,1-2H3. The molecule has 0 fully saturated rings. The van der Waals surface area contributed by atoms with Gasteiger partial charge in [-0.1, -0.05) is 30.7 Å². The third-order valence-corrected chi connectivity index (χ3v) is 3.74. The Balaban J connectivity index is 2.45. The molecular weight excluding hydrogens is 216 g/mol. The Bertz CT molecular complexity index is 288. The maximum absolute atomic E-state index is 9.31. The van der Waals surface area contributed by atoms with Crippen LogP contribution in [0.5, 0.6) is 0 Å². The van der Waals surface area contributed by atoms with Crippen LogP contribution < -0.4 is 0 Å². The Morgan fingerprint density at radius 3 is 2.71 bits per heavy atom. The van der Waals surface area contributed by atoms with E-state index in [9.17, 15) is 5.11 Å². The molecule has 1 aromatic carbocycles. The van der Waals surface area contributed by atoms with Crippen molar-refractivity contribution in [2.24, 2.45) is 0 Å². The Morgan fingerprint density at radius 2 is 2.14 bits per heavy atom. The van der Waals surface area contributed by atoms with Gasteiger partial charge in [-0.15, -0.1) is 0 Å². The van der Waals surface area contributed by atoms with E-state index in [0.717, 1.165) is 10.8 Å². The van der Waals surface area contributed by atoms with Gasteiger partial charge in [-0.3, -0.25) is 0 Å². The number of rotatable bonds is 4. The summed E-state index contributed by atoms with van der Waals surface area (Å²) in [6.07, 6.45) is -0.265. The normalized spacial score (nSPS) is 15.1. The first-order chi connectivity index (χ1) is 6.59. The molecule has 0 aliphatic heterocycles. The van der Waals surface area contributed by atoms with Gasteiger partial charge < -0.3 is 5.11 Å². The Kier molecular flexibility index (Phi) is 4.79. The van der Waals surface area contributed by atoms with E-state index >= 15 is 0 Å². The summed E-state index contributed by atoms with van der Waals surface area (Å²) in [6.45, 7) is 3.84. The number of aliphatic hydroxyl groups is 1. The van der Waals surface area contributed by atoms with Crippen LogP contribution in [0.15, 0.2) is 24.3 Å². The number of aliphatic hydroxyl groups excluding tert-OH is 1. The summed E-state index contributed by atoms with van der Waals surface area (Å²) in [4.78, 5) is 0. The molecule has 0 aliphatic carbocycles. The topological polar surface area (TPSA) is 20.2 Å². The van der Waals surface area contributed by atoms with Crippen LogP contribution in [0.25, 0.3) is 0 Å². The summed E-state index contributed by atoms with van der Waals surface area (Å²) in [7, 11) is 0. The maximum Gasteiger partial charge on any atom is 0.0628 e. The highest BCUT2D eigenvalue weighted by molar-refractivity contribution is 7.99. The van der Waals surface area contributed by atoms with Gasteiger partial charge in [-0.2, -0.15) is 11.8 Å². The van der Waals surface area contributed by atoms with Crippen molar-refractivity contribution in [2.75, 3.05) is 0 Å². The lowest BCUT2D eigenvalue weighted by Crippen LogP contribution is -2.15. The molecule has 0 saturated carbocycles. The summed E-state index contributed by atoms with van der Waals surface area (Å²) in [5.41, 5.74) is 1.20. The third-order valence-electron chi connectivity index (χ3n) is 2.08. The molecule has 0 heterocycles. The van der Waals surface area contributed by atoms with E-state index in [2.05, 4.69) is 0 Å². The van der Waals surface area contributed by atoms with Gasteiger partial charge in [-0.05, 0) is 24.6 Å². The zero-order valence-electron chi connectivity index (χ0n) is 8.40. The van der Waals surface area contributed by atoms with Crippen molar-refractivity contribution < 1.29 is 5.11 Å². The van der Waals surface area contributed by atoms with Crippen molar-refractivity contribution in [3.05, 3.63) is 34.9 Å². The second-order valence-corrected chi connectivity index (χ2v) is 5.19. The molecule has 0 bridgehead atoms. The molecule has 2 atom stereocenters. The molecule has 2 unspecified atom stereocenters. The highest BCUT2D eigenvalue weighted by Gasteiger charge is 2.08. The zero-order valence-corrected chi connectivity index (χ0v) is 9.98. The Hall–Kier alpha value is -0.180. The second kappa shape index (κ2) is 5.64. The lowest BCUT2D eigenvalue weighted by Gasteiger charge is -2.13. The molecule has 0 radical (unpaired) electrons. The highest BCUT2D eigenvalue weighted by atomic mass is 35.5. The van der Waals surface area contributed by atoms with Crippen molar-refractivity contribution in [3.8, 4) is 0 Å². The van der Waals surface area contributed by atoms with Gasteiger partial charge in [0.15, 0.2) is 0 Å². The van der Waals surface area contributed by atoms with Gasteiger partial charge in [0.2, 0.25) is 0 Å². The largest absolute Gasteiger partial charge is 0.392 e. The molecule has 1 N–H and O–H groups in total. The fraction of sp³-hybridized carbons (Fsp3) is 0.455. The van der Waals surface area contributed by atoms with E-state index in [0.29, 0.717) is 0 Å². The van der Waals surface area contributed by atoms with Crippen LogP contribution in [0.1, 0.15) is 19.4 Å². The van der Waals surface area contributed by atoms with Crippen LogP contribution >= 0.6 is 23.4 Å². The van der Waals surface area contributed by atoms with E-state index in [4.69, 9.17) is 11.6 Å². The van der Waals surface area contributed by atoms with Crippen LogP contribution in [0.3, 0.4) is 0 Å². The molecule has 0 amide bonds. The summed E-state index contributed by atoms with van der Waals surface area (Å²) < 4.78 is 0. The van der Waals surface area contributed by atoms with E-state index in [1.807, 2.05) is 38.1 Å². The zero-order chi connectivity index (χ0) is 10.6. The Labute approximate surface area is 94.5 Å². The molecule has 0 aliphatic rings. The van der Waals surface area contributed by atoms with E-state index in [1.54, 1.807) is 11.8 Å². The van der Waals surface area contributed by atoms with Gasteiger partial charge in [0, 0.05) is 16.0 Å². The quantitative estimate of drug-likeness (QED) is 0.856. The van der Waals surface area contributed by atoms with Crippen molar-refractivity contribution in [1.82, 2.24) is 0 Å². The minimum Gasteiger partial charge on any atom is -0.392 e. The predicted molar refractivity (Wildman–Crippen MR) is 63.9 cm³/mol. The lowest BCUT2D eigenvalue weighted by molar-refractivity contribution is 0.196. The van der Waals surface area contributed by atoms with Crippen LogP contribution in [0, 0.1) is 0 Å². The van der Waals surface area contributed by atoms with Crippen molar-refractivity contribution in [1.29, 1.82) is 0 Å². The minimum absolute atomic E-state index is 0.258. The average molecular weight is 231 g/mol. The summed E-state index contributed by atoms with van der Waals surface area (Å²) in [5, 5.41) is 10.3. The minimum atomic E-state index is -0.265. The number of hydrogen-bond donors (Lipinski definition) is 1. The fourth-order valence-electron chi connectivity index (χ4n) is 0.994. The monoisotopic (exact) mass is 230 g/mol. The number of hydrogen-bond acceptors (Lipinski definition) is 2. The predicted octanol–water partition coefficient (Wildman–Crippen LogP) is 3.34. The molecule has 78 valence electrons. The Morgan fingerprint density at radius 1 is 1.43 bits per heavy atom. The van der Waals surface area contributed by atoms with Crippen LogP contribution in [0.4, 0.5) is 0 Å². The van der Waals surface area contributed by atoms with Crippen LogP contribution in [0.2, 0.25) is 5.02 Å². The number of thioether (sulfide) groups is 1. The van der Waals surface area contributed by atoms with E-state index < -0.39 is 0 Å². The smallest absolute Gasteiger partial charge is 0.0628 e. The number of benzene rings is 1. The van der Waals surface area contributed by atoms with E-state index in [-0.39, 0.29) is 11.4 Å². The molecule has 3 heteroatoms. The molecule has 1 aromatic rings. The fourth-order valence-corrected chi connectivity index (χ4v) is 2.12. The second-order valence-electron chi connectivity index (χ2n) is 3.39. The molecule has 0 aromatic heterocycles. The SMILES string of the molecule is CC(O)C(C)SCc1cccc(Cl)c1. The van der Waals surface area contributed by atoms with Gasteiger partial charge in [0.05, 0.1) is 6.10 Å². The van der Waals surface area contributed by atoms with Crippen molar-refractivity contribution >= 4 is 23.4 Å². The molecule has 0 spiro atoms.